The van der Waals surface area contributed by atoms with E-state index in [1.54, 1.807) is 0 Å². The molecule has 13 atom stereocenters. The molecule has 3 rings (SSSR count). The number of carboxylic acid groups (broad SMARTS) is 2. The lowest BCUT2D eigenvalue weighted by atomic mass is 9.95. The molecule has 2 saturated heterocycles. The van der Waals surface area contributed by atoms with Crippen LogP contribution in [0.5, 0.6) is 0 Å². The van der Waals surface area contributed by atoms with Gasteiger partial charge in [0.1, 0.15) is 48.8 Å². The molecular weight excluding hydrogens is 702 g/mol. The smallest absolute Gasteiger partial charge is 0.397 e. The summed E-state index contributed by atoms with van der Waals surface area (Å²) >= 11 is 0. The fourth-order valence-corrected chi connectivity index (χ4v) is 5.35. The Balaban J connectivity index is 2.11. The highest BCUT2D eigenvalue weighted by Crippen LogP contribution is 2.34. The molecule has 27 heteroatoms. The van der Waals surface area contributed by atoms with Crippen LogP contribution in [0.1, 0.15) is 6.92 Å². The van der Waals surface area contributed by atoms with Gasteiger partial charge in [-0.05, 0) is 0 Å². The lowest BCUT2D eigenvalue weighted by molar-refractivity contribution is -0.346. The van der Waals surface area contributed by atoms with Crippen LogP contribution in [0.15, 0.2) is 11.5 Å². The minimum Gasteiger partial charge on any atom is -0.506 e. The van der Waals surface area contributed by atoms with Gasteiger partial charge in [0.2, 0.25) is 18.0 Å². The summed E-state index contributed by atoms with van der Waals surface area (Å²) in [6.45, 7) is -0.485. The minimum absolute atomic E-state index is 0.848. The van der Waals surface area contributed by atoms with Crippen molar-refractivity contribution in [2.45, 2.75) is 86.8 Å². The Morgan fingerprint density at radius 2 is 1.43 bits per heavy atom. The van der Waals surface area contributed by atoms with E-state index in [1.807, 2.05) is 0 Å². The van der Waals surface area contributed by atoms with Crippen LogP contribution in [0.3, 0.4) is 0 Å². The van der Waals surface area contributed by atoms with Crippen molar-refractivity contribution >= 4 is 38.6 Å². The molecule has 1 amide bonds. The van der Waals surface area contributed by atoms with Crippen LogP contribution in [0, 0.1) is 0 Å². The molecule has 0 aromatic rings. The number of aliphatic hydroxyl groups is 6. The number of rotatable bonds is 12. The van der Waals surface area contributed by atoms with Crippen LogP contribution in [-0.2, 0) is 67.2 Å². The SMILES string of the molecule is CC(=O)N[C@H]1[C@H](O[C@H]2[C@H](O)[C@@H](O)C(O)O[C@@H]2C(=O)O)O[C@H](COS(=O)(=O)O)[C@H](O)[C@@H]1O[C@@H]1OC(C(=O)O)=C(O)[C@H](O)[C@H]1OS(=O)(=O)O. The maximum Gasteiger partial charge on any atom is 0.397 e. The van der Waals surface area contributed by atoms with Crippen LogP contribution in [-0.4, -0.2) is 171 Å². The van der Waals surface area contributed by atoms with Crippen LogP contribution < -0.4 is 5.32 Å². The molecule has 0 spiro atoms. The Morgan fingerprint density at radius 1 is 0.830 bits per heavy atom. The average Bonchev–Trinajstić information content (AvgIpc) is 2.93. The van der Waals surface area contributed by atoms with Gasteiger partial charge in [-0.3, -0.25) is 13.9 Å². The van der Waals surface area contributed by atoms with Gasteiger partial charge in [0.25, 0.3) is 0 Å². The maximum absolute atomic E-state index is 12.2. The van der Waals surface area contributed by atoms with E-state index < -0.39 is 137 Å². The van der Waals surface area contributed by atoms with E-state index in [1.165, 1.54) is 0 Å². The van der Waals surface area contributed by atoms with Gasteiger partial charge in [0.05, 0.1) is 6.61 Å². The van der Waals surface area contributed by atoms with Crippen molar-refractivity contribution in [1.82, 2.24) is 5.32 Å². The number of amides is 1. The zero-order chi connectivity index (χ0) is 35.8. The number of aliphatic hydroxyl groups excluding tert-OH is 6. The first-order chi connectivity index (χ1) is 21.5. The van der Waals surface area contributed by atoms with Gasteiger partial charge in [-0.2, -0.15) is 16.8 Å². The molecule has 1 unspecified atom stereocenters. The molecule has 11 N–H and O–H groups in total. The third-order valence-electron chi connectivity index (χ3n) is 6.57. The molecule has 0 radical (unpaired) electrons. The molecule has 270 valence electrons. The molecule has 25 nitrogen and oxygen atoms in total. The van der Waals surface area contributed by atoms with Crippen LogP contribution in [0.4, 0.5) is 0 Å². The lowest BCUT2D eigenvalue weighted by Crippen LogP contribution is -2.69. The second-order valence-corrected chi connectivity index (χ2v) is 12.0. The Labute approximate surface area is 262 Å². The predicted octanol–water partition coefficient (Wildman–Crippen LogP) is -6.55. The number of carbonyl (C=O) groups excluding carboxylic acids is 1. The summed E-state index contributed by atoms with van der Waals surface area (Å²) in [5.74, 6) is -8.02. The Hall–Kier alpha value is -2.87. The van der Waals surface area contributed by atoms with Crippen molar-refractivity contribution in [3.63, 3.8) is 0 Å². The number of hydrogen-bond donors (Lipinski definition) is 11. The number of hydrogen-bond acceptors (Lipinski definition) is 20. The molecule has 3 heterocycles. The van der Waals surface area contributed by atoms with Gasteiger partial charge < -0.3 is 69.9 Å². The molecule has 3 aliphatic heterocycles. The number of ether oxygens (including phenoxy) is 5. The summed E-state index contributed by atoms with van der Waals surface area (Å²) in [5, 5.41) is 82.8. The monoisotopic (exact) mass is 731 g/mol. The molecule has 0 saturated carbocycles. The van der Waals surface area contributed by atoms with Crippen molar-refractivity contribution in [1.29, 1.82) is 0 Å². The number of carbonyl (C=O) groups is 3. The Bertz CT molecular complexity index is 1430. The van der Waals surface area contributed by atoms with Crippen molar-refractivity contribution in [3.8, 4) is 0 Å². The van der Waals surface area contributed by atoms with E-state index in [4.69, 9.17) is 28.2 Å². The van der Waals surface area contributed by atoms with Crippen molar-refractivity contribution < 1.29 is 113 Å². The predicted molar refractivity (Wildman–Crippen MR) is 135 cm³/mol. The summed E-state index contributed by atoms with van der Waals surface area (Å²) in [7, 11) is -10.9. The van der Waals surface area contributed by atoms with Gasteiger partial charge in [0, 0.05) is 6.92 Å². The molecule has 0 aromatic carbocycles. The third-order valence-corrected chi connectivity index (χ3v) is 7.47. The highest BCUT2D eigenvalue weighted by Gasteiger charge is 2.56. The minimum atomic E-state index is -5.57. The Morgan fingerprint density at radius 3 is 1.94 bits per heavy atom. The first-order valence-electron chi connectivity index (χ1n) is 12.6. The molecule has 0 aromatic heterocycles. The maximum atomic E-state index is 12.2. The second kappa shape index (κ2) is 14.7. The summed E-state index contributed by atoms with van der Waals surface area (Å²) in [6.07, 6.45) is -28.0. The van der Waals surface area contributed by atoms with E-state index >= 15 is 0 Å². The molecule has 2 fully saturated rings. The molecule has 0 aliphatic carbocycles. The highest BCUT2D eigenvalue weighted by atomic mass is 32.3. The zero-order valence-electron chi connectivity index (χ0n) is 23.2. The summed E-state index contributed by atoms with van der Waals surface area (Å²) in [4.78, 5) is 35.6. The van der Waals surface area contributed by atoms with Gasteiger partial charge in [-0.15, -0.1) is 0 Å². The van der Waals surface area contributed by atoms with Crippen LogP contribution in [0.2, 0.25) is 0 Å². The van der Waals surface area contributed by atoms with Gasteiger partial charge in [-0.1, -0.05) is 0 Å². The highest BCUT2D eigenvalue weighted by molar-refractivity contribution is 7.81. The van der Waals surface area contributed by atoms with E-state index in [2.05, 4.69) is 13.7 Å². The van der Waals surface area contributed by atoms with E-state index in [0.29, 0.717) is 0 Å². The van der Waals surface area contributed by atoms with Gasteiger partial charge in [0.15, 0.2) is 30.5 Å². The number of nitrogens with one attached hydrogen (secondary N) is 1. The normalized spacial score (nSPS) is 38.3. The molecule has 0 bridgehead atoms. The van der Waals surface area contributed by atoms with E-state index in [-0.39, 0.29) is 0 Å². The number of carboxylic acids is 2. The number of aliphatic carboxylic acids is 2. The average molecular weight is 732 g/mol. The third kappa shape index (κ3) is 9.39. The largest absolute Gasteiger partial charge is 0.506 e. The first-order valence-corrected chi connectivity index (χ1v) is 15.4. The quantitative estimate of drug-likeness (QED) is 0.0831. The first kappa shape index (κ1) is 38.6. The summed E-state index contributed by atoms with van der Waals surface area (Å²) in [5.41, 5.74) is 0. The fraction of sp³-hybridized carbons (Fsp3) is 0.750. The van der Waals surface area contributed by atoms with Crippen molar-refractivity contribution in [2.24, 2.45) is 0 Å². The topological polar surface area (TPSA) is 398 Å². The summed E-state index contributed by atoms with van der Waals surface area (Å²) in [6, 6.07) is -2.03. The lowest BCUT2D eigenvalue weighted by Gasteiger charge is -2.48. The summed E-state index contributed by atoms with van der Waals surface area (Å²) < 4.78 is 98.0. The second-order valence-electron chi connectivity index (χ2n) is 9.88. The van der Waals surface area contributed by atoms with Crippen LogP contribution >= 0.6 is 0 Å². The Kier molecular flexibility index (Phi) is 12.1. The standard InChI is InChI=1S/C20H29NO24S2/c1-3(22)21-5-11(42-20-14(45-47(36,37)38)8(25)7(24)13(44-20)16(28)29)6(23)4(2-39-46(33,34)35)40-19(5)43-12-9(26)10(27)18(32)41-15(12)17(30)31/h4-6,8-12,14-15,18-20,23-27,32H,2H2,1H3,(H,21,22)(H,28,29)(H,30,31)(H,33,34,35)(H,36,37,38)/t4-,5-,6+,8+,9-,10-,11-,12+,14-,15+,18?,19+,20-/m1/s1. The van der Waals surface area contributed by atoms with Crippen molar-refractivity contribution in [2.75, 3.05) is 6.61 Å². The van der Waals surface area contributed by atoms with Gasteiger partial charge >= 0.3 is 32.7 Å². The molecular formula is C20H29NO24S2. The van der Waals surface area contributed by atoms with Crippen LogP contribution in [0.25, 0.3) is 0 Å². The van der Waals surface area contributed by atoms with E-state index in [9.17, 15) is 76.6 Å². The fourth-order valence-electron chi connectivity index (χ4n) is 4.57. The van der Waals surface area contributed by atoms with Gasteiger partial charge in [-0.25, -0.2) is 18.0 Å². The molecule has 47 heavy (non-hydrogen) atoms. The van der Waals surface area contributed by atoms with E-state index in [0.717, 1.165) is 6.92 Å². The zero-order valence-corrected chi connectivity index (χ0v) is 24.8. The van der Waals surface area contributed by atoms with Crippen molar-refractivity contribution in [3.05, 3.63) is 11.5 Å². The molecule has 3 aliphatic rings.